The van der Waals surface area contributed by atoms with Crippen molar-refractivity contribution in [2.45, 2.75) is 39.8 Å². The molecule has 1 fully saturated rings. The van der Waals surface area contributed by atoms with Gasteiger partial charge in [0, 0.05) is 37.3 Å². The van der Waals surface area contributed by atoms with E-state index in [4.69, 9.17) is 0 Å². The number of phenolic OH excluding ortho intramolecular Hbond substituents is 2. The standard InChI is InChI=1S/C32H49N5O8/c1-21-11-23(29(42)27(13-21)34-31(44)25(17-38)18-39)15-36-7-3-5-33-6-4-8-37(10-9-36)16-24-12-22(2)14-28(30(24)43)35-32(45)26(19-40)20-41/h11-14,25-26,33,38-43H,3-10,15-20H2,1-2H3,(H,34,44)(H,35,45). The summed E-state index contributed by atoms with van der Waals surface area (Å²) in [7, 11) is 0. The molecule has 1 aliphatic rings. The minimum absolute atomic E-state index is 0.0585. The lowest BCUT2D eigenvalue weighted by molar-refractivity contribution is -0.123. The third kappa shape index (κ3) is 10.6. The van der Waals surface area contributed by atoms with Crippen molar-refractivity contribution in [2.24, 2.45) is 11.8 Å². The fourth-order valence-electron chi connectivity index (χ4n) is 5.34. The summed E-state index contributed by atoms with van der Waals surface area (Å²) in [5.41, 5.74) is 3.42. The van der Waals surface area contributed by atoms with Gasteiger partial charge in [0.2, 0.25) is 11.8 Å². The molecule has 0 bridgehead atoms. The smallest absolute Gasteiger partial charge is 0.232 e. The third-order valence-electron chi connectivity index (χ3n) is 7.98. The number of hydrogen-bond donors (Lipinski definition) is 9. The molecular weight excluding hydrogens is 582 g/mol. The average molecular weight is 632 g/mol. The van der Waals surface area contributed by atoms with Crippen molar-refractivity contribution < 1.29 is 40.2 Å². The Morgan fingerprint density at radius 2 is 1.07 bits per heavy atom. The first-order valence-corrected chi connectivity index (χ1v) is 15.5. The zero-order chi connectivity index (χ0) is 32.9. The molecule has 3 rings (SSSR count). The molecule has 0 saturated carbocycles. The van der Waals surface area contributed by atoms with Gasteiger partial charge in [-0.1, -0.05) is 12.1 Å². The molecule has 0 radical (unpaired) electrons. The lowest BCUT2D eigenvalue weighted by Crippen LogP contribution is -2.36. The highest BCUT2D eigenvalue weighted by atomic mass is 16.3. The van der Waals surface area contributed by atoms with Gasteiger partial charge in [-0.3, -0.25) is 19.4 Å². The Morgan fingerprint density at radius 1 is 0.689 bits per heavy atom. The lowest BCUT2D eigenvalue weighted by Gasteiger charge is -2.28. The molecule has 0 atom stereocenters. The molecule has 9 N–H and O–H groups in total. The number of hydrogen-bond acceptors (Lipinski definition) is 11. The van der Waals surface area contributed by atoms with E-state index >= 15 is 0 Å². The Balaban J connectivity index is 1.78. The zero-order valence-corrected chi connectivity index (χ0v) is 26.3. The normalized spacial score (nSPS) is 15.6. The van der Waals surface area contributed by atoms with Crippen LogP contribution in [0.25, 0.3) is 0 Å². The van der Waals surface area contributed by atoms with Gasteiger partial charge in [0.1, 0.15) is 11.5 Å². The van der Waals surface area contributed by atoms with Crippen LogP contribution in [-0.2, 0) is 22.7 Å². The van der Waals surface area contributed by atoms with Crippen molar-refractivity contribution >= 4 is 23.2 Å². The minimum Gasteiger partial charge on any atom is -0.505 e. The molecule has 0 aliphatic carbocycles. The quantitative estimate of drug-likeness (QED) is 0.148. The molecule has 0 unspecified atom stereocenters. The molecule has 2 amide bonds. The van der Waals surface area contributed by atoms with Crippen LogP contribution in [0.2, 0.25) is 0 Å². The maximum absolute atomic E-state index is 12.5. The van der Waals surface area contributed by atoms with Gasteiger partial charge in [-0.25, -0.2) is 0 Å². The van der Waals surface area contributed by atoms with Crippen LogP contribution in [0.1, 0.15) is 35.1 Å². The van der Waals surface area contributed by atoms with Crippen molar-refractivity contribution in [2.75, 3.05) is 76.3 Å². The Hall–Kier alpha value is -3.30. The first kappa shape index (κ1) is 36.2. The minimum atomic E-state index is -0.990. The van der Waals surface area contributed by atoms with Crippen LogP contribution in [0.15, 0.2) is 24.3 Å². The van der Waals surface area contributed by atoms with E-state index in [9.17, 15) is 40.2 Å². The van der Waals surface area contributed by atoms with Crippen LogP contribution in [0.5, 0.6) is 11.5 Å². The molecule has 0 aromatic heterocycles. The number of rotatable bonds is 12. The number of nitrogens with zero attached hydrogens (tertiary/aromatic N) is 2. The van der Waals surface area contributed by atoms with Crippen molar-refractivity contribution in [1.29, 1.82) is 0 Å². The first-order valence-electron chi connectivity index (χ1n) is 15.5. The van der Waals surface area contributed by atoms with Crippen molar-refractivity contribution in [3.05, 3.63) is 46.5 Å². The third-order valence-corrected chi connectivity index (χ3v) is 7.98. The fraction of sp³-hybridized carbons (Fsp3) is 0.562. The molecule has 0 spiro atoms. The molecule has 13 nitrogen and oxygen atoms in total. The topological polar surface area (TPSA) is 198 Å². The van der Waals surface area contributed by atoms with Gasteiger partial charge in [-0.2, -0.15) is 0 Å². The van der Waals surface area contributed by atoms with E-state index in [0.29, 0.717) is 37.3 Å². The Kier molecular flexibility index (Phi) is 14.5. The van der Waals surface area contributed by atoms with Gasteiger partial charge in [-0.05, 0) is 76.1 Å². The summed E-state index contributed by atoms with van der Waals surface area (Å²) in [5, 5.41) is 68.3. The van der Waals surface area contributed by atoms with Gasteiger partial charge in [0.25, 0.3) is 0 Å². The predicted octanol–water partition coefficient (Wildman–Crippen LogP) is 0.481. The number of amides is 2. The van der Waals surface area contributed by atoms with E-state index in [1.165, 1.54) is 0 Å². The molecule has 45 heavy (non-hydrogen) atoms. The summed E-state index contributed by atoms with van der Waals surface area (Å²) < 4.78 is 0. The largest absolute Gasteiger partial charge is 0.505 e. The summed E-state index contributed by atoms with van der Waals surface area (Å²) in [6.45, 7) is 7.07. The second-order valence-corrected chi connectivity index (χ2v) is 11.8. The number of carbonyl (C=O) groups excluding carboxylic acids is 2. The van der Waals surface area contributed by atoms with Crippen LogP contribution < -0.4 is 16.0 Å². The van der Waals surface area contributed by atoms with Crippen LogP contribution >= 0.6 is 0 Å². The summed E-state index contributed by atoms with van der Waals surface area (Å²) >= 11 is 0. The highest BCUT2D eigenvalue weighted by Crippen LogP contribution is 2.32. The maximum atomic E-state index is 12.5. The summed E-state index contributed by atoms with van der Waals surface area (Å²) in [6.07, 6.45) is 1.80. The fourth-order valence-corrected chi connectivity index (χ4v) is 5.34. The van der Waals surface area contributed by atoms with Gasteiger partial charge in [0.05, 0.1) is 49.6 Å². The number of carbonyl (C=O) groups is 2. The van der Waals surface area contributed by atoms with Crippen LogP contribution in [0.4, 0.5) is 11.4 Å². The molecule has 2 aromatic carbocycles. The number of aliphatic hydroxyl groups excluding tert-OH is 4. The predicted molar refractivity (Wildman–Crippen MR) is 171 cm³/mol. The molecule has 2 aromatic rings. The number of aromatic hydroxyl groups is 2. The lowest BCUT2D eigenvalue weighted by atomic mass is 10.1. The highest BCUT2D eigenvalue weighted by molar-refractivity contribution is 5.95. The zero-order valence-electron chi connectivity index (χ0n) is 26.3. The molecule has 250 valence electrons. The first-order chi connectivity index (χ1) is 21.6. The van der Waals surface area contributed by atoms with Crippen LogP contribution in [0, 0.1) is 25.7 Å². The van der Waals surface area contributed by atoms with E-state index in [2.05, 4.69) is 25.8 Å². The van der Waals surface area contributed by atoms with Crippen molar-refractivity contribution in [1.82, 2.24) is 15.1 Å². The van der Waals surface area contributed by atoms with E-state index in [1.807, 2.05) is 26.0 Å². The molecule has 1 aliphatic heterocycles. The van der Waals surface area contributed by atoms with E-state index < -0.39 is 50.1 Å². The Bertz CT molecular complexity index is 1170. The number of phenols is 2. The molecule has 1 heterocycles. The average Bonchev–Trinajstić information content (AvgIpc) is 3.05. The number of anilines is 2. The highest BCUT2D eigenvalue weighted by Gasteiger charge is 2.22. The van der Waals surface area contributed by atoms with Gasteiger partial charge in [-0.15, -0.1) is 0 Å². The molecule has 1 saturated heterocycles. The Labute approximate surface area is 264 Å². The summed E-state index contributed by atoms with van der Waals surface area (Å²) in [5.74, 6) is -3.25. The Morgan fingerprint density at radius 3 is 1.42 bits per heavy atom. The van der Waals surface area contributed by atoms with Gasteiger partial charge in [0.15, 0.2) is 0 Å². The van der Waals surface area contributed by atoms with E-state index in [-0.39, 0.29) is 22.9 Å². The number of aryl methyl sites for hydroxylation is 2. The van der Waals surface area contributed by atoms with Gasteiger partial charge >= 0.3 is 0 Å². The van der Waals surface area contributed by atoms with Gasteiger partial charge < -0.3 is 46.6 Å². The number of benzene rings is 2. The van der Waals surface area contributed by atoms with Crippen LogP contribution in [0.3, 0.4) is 0 Å². The van der Waals surface area contributed by atoms with E-state index in [0.717, 1.165) is 50.1 Å². The van der Waals surface area contributed by atoms with E-state index in [1.54, 1.807) is 12.1 Å². The maximum Gasteiger partial charge on any atom is 0.232 e. The molecular formula is C32H49N5O8. The van der Waals surface area contributed by atoms with Crippen LogP contribution in [-0.4, -0.2) is 118 Å². The number of nitrogens with one attached hydrogen (secondary N) is 3. The van der Waals surface area contributed by atoms with Crippen molar-refractivity contribution in [3.63, 3.8) is 0 Å². The summed E-state index contributed by atoms with van der Waals surface area (Å²) in [4.78, 5) is 29.4. The second-order valence-electron chi connectivity index (χ2n) is 11.8. The SMILES string of the molecule is Cc1cc(CN2CCCNCCCN(Cc3cc(C)cc(NC(=O)C(CO)CO)c3O)CC2)c(O)c(NC(=O)C(CO)CO)c1. The van der Waals surface area contributed by atoms with Crippen molar-refractivity contribution in [3.8, 4) is 11.5 Å². The summed E-state index contributed by atoms with van der Waals surface area (Å²) in [6, 6.07) is 7.06. The second kappa shape index (κ2) is 18.0. The molecule has 13 heteroatoms. The number of aliphatic hydroxyl groups is 4. The monoisotopic (exact) mass is 631 g/mol.